The third-order valence-electron chi connectivity index (χ3n) is 3.97. The first-order chi connectivity index (χ1) is 13.3. The molecule has 5 nitrogen and oxygen atoms in total. The maximum atomic E-state index is 13.1. The number of allylic oxidation sites excluding steroid dienone is 4. The van der Waals surface area contributed by atoms with Crippen molar-refractivity contribution < 1.29 is 17.9 Å². The molecule has 0 atom stereocenters. The first-order valence-electron chi connectivity index (χ1n) is 8.30. The number of pyridine rings is 2. The molecule has 0 radical (unpaired) electrons. The van der Waals surface area contributed by atoms with E-state index in [-0.39, 0.29) is 11.2 Å². The van der Waals surface area contributed by atoms with Gasteiger partial charge >= 0.3 is 6.18 Å². The Bertz CT molecular complexity index is 1070. The number of imidazole rings is 1. The Morgan fingerprint density at radius 1 is 1.21 bits per heavy atom. The van der Waals surface area contributed by atoms with Gasteiger partial charge in [-0.25, -0.2) is 9.97 Å². The average molecular weight is 386 g/mol. The molecule has 0 amide bonds. The zero-order valence-electron chi connectivity index (χ0n) is 15.2. The summed E-state index contributed by atoms with van der Waals surface area (Å²) in [5, 5.41) is 0. The van der Waals surface area contributed by atoms with Gasteiger partial charge in [0.15, 0.2) is 11.5 Å². The van der Waals surface area contributed by atoms with Gasteiger partial charge in [0.25, 0.3) is 0 Å². The molecular formula is C20H17F3N4O. The number of hydrogen-bond acceptors (Lipinski definition) is 4. The maximum Gasteiger partial charge on any atom is 0.417 e. The van der Waals surface area contributed by atoms with Crippen molar-refractivity contribution in [2.45, 2.75) is 13.1 Å². The van der Waals surface area contributed by atoms with Crippen molar-refractivity contribution in [3.8, 4) is 11.5 Å². The van der Waals surface area contributed by atoms with Crippen LogP contribution in [-0.2, 0) is 10.9 Å². The SMILES string of the molecule is C=C(/C=C\C(=C/C)n1c(-c2ccccn2)nc2cc(C(F)(F)F)cnc21)OC. The Hall–Kier alpha value is -3.42. The van der Waals surface area contributed by atoms with Gasteiger partial charge in [0.1, 0.15) is 17.0 Å². The van der Waals surface area contributed by atoms with E-state index in [1.165, 1.54) is 7.11 Å². The molecule has 28 heavy (non-hydrogen) atoms. The van der Waals surface area contributed by atoms with Crippen LogP contribution in [-0.4, -0.2) is 26.6 Å². The Morgan fingerprint density at radius 3 is 2.61 bits per heavy atom. The second-order valence-electron chi connectivity index (χ2n) is 5.77. The molecule has 3 rings (SSSR count). The van der Waals surface area contributed by atoms with Crippen molar-refractivity contribution in [1.82, 2.24) is 19.5 Å². The van der Waals surface area contributed by atoms with Crippen LogP contribution in [0.1, 0.15) is 12.5 Å². The van der Waals surface area contributed by atoms with E-state index in [0.29, 0.717) is 23.0 Å². The Labute approximate surface area is 159 Å². The molecule has 3 aromatic heterocycles. The van der Waals surface area contributed by atoms with E-state index in [9.17, 15) is 13.2 Å². The fraction of sp³-hybridized carbons (Fsp3) is 0.150. The third-order valence-corrected chi connectivity index (χ3v) is 3.97. The highest BCUT2D eigenvalue weighted by Crippen LogP contribution is 2.33. The van der Waals surface area contributed by atoms with Crippen LogP contribution in [0.3, 0.4) is 0 Å². The molecule has 144 valence electrons. The van der Waals surface area contributed by atoms with Crippen LogP contribution in [0.2, 0.25) is 0 Å². The fourth-order valence-corrected chi connectivity index (χ4v) is 2.58. The number of fused-ring (bicyclic) bond motifs is 1. The van der Waals surface area contributed by atoms with E-state index in [1.54, 1.807) is 54.1 Å². The lowest BCUT2D eigenvalue weighted by Crippen LogP contribution is -2.06. The lowest BCUT2D eigenvalue weighted by atomic mass is 10.2. The smallest absolute Gasteiger partial charge is 0.417 e. The number of methoxy groups -OCH3 is 1. The second kappa shape index (κ2) is 7.67. The highest BCUT2D eigenvalue weighted by Gasteiger charge is 2.32. The molecular weight excluding hydrogens is 369 g/mol. The summed E-state index contributed by atoms with van der Waals surface area (Å²) < 4.78 is 45.9. The Balaban J connectivity index is 2.26. The molecule has 0 spiro atoms. The number of hydrogen-bond donors (Lipinski definition) is 0. The zero-order chi connectivity index (χ0) is 20.3. The molecule has 0 aliphatic rings. The van der Waals surface area contributed by atoms with Crippen molar-refractivity contribution in [2.24, 2.45) is 0 Å². The third kappa shape index (κ3) is 3.80. The molecule has 0 saturated carbocycles. The summed E-state index contributed by atoms with van der Waals surface area (Å²) in [6.45, 7) is 5.53. The van der Waals surface area contributed by atoms with E-state index < -0.39 is 11.7 Å². The van der Waals surface area contributed by atoms with Gasteiger partial charge in [-0.3, -0.25) is 9.55 Å². The first kappa shape index (κ1) is 19.3. The van der Waals surface area contributed by atoms with E-state index >= 15 is 0 Å². The van der Waals surface area contributed by atoms with Crippen molar-refractivity contribution in [2.75, 3.05) is 7.11 Å². The predicted molar refractivity (Wildman–Crippen MR) is 101 cm³/mol. The molecule has 0 aliphatic heterocycles. The van der Waals surface area contributed by atoms with Crippen molar-refractivity contribution >= 4 is 16.9 Å². The number of nitrogens with zero attached hydrogens (tertiary/aromatic N) is 4. The van der Waals surface area contributed by atoms with Gasteiger partial charge in [-0.05, 0) is 37.3 Å². The summed E-state index contributed by atoms with van der Waals surface area (Å²) in [4.78, 5) is 12.7. The van der Waals surface area contributed by atoms with Crippen molar-refractivity contribution in [3.05, 3.63) is 72.8 Å². The highest BCUT2D eigenvalue weighted by atomic mass is 19.4. The summed E-state index contributed by atoms with van der Waals surface area (Å²) in [7, 11) is 1.49. The van der Waals surface area contributed by atoms with Crippen LogP contribution in [0.25, 0.3) is 28.4 Å². The monoisotopic (exact) mass is 386 g/mol. The predicted octanol–water partition coefficient (Wildman–Crippen LogP) is 5.09. The number of rotatable bonds is 5. The van der Waals surface area contributed by atoms with Gasteiger partial charge in [-0.15, -0.1) is 0 Å². The maximum absolute atomic E-state index is 13.1. The van der Waals surface area contributed by atoms with Crippen LogP contribution in [0.4, 0.5) is 13.2 Å². The van der Waals surface area contributed by atoms with Crippen molar-refractivity contribution in [3.63, 3.8) is 0 Å². The van der Waals surface area contributed by atoms with E-state index in [0.717, 1.165) is 12.3 Å². The summed E-state index contributed by atoms with van der Waals surface area (Å²) in [5.74, 6) is 0.804. The summed E-state index contributed by atoms with van der Waals surface area (Å²) in [6, 6.07) is 6.23. The van der Waals surface area contributed by atoms with E-state index in [1.807, 2.05) is 0 Å². The first-order valence-corrected chi connectivity index (χ1v) is 8.30. The number of halogens is 3. The molecule has 0 aromatic carbocycles. The molecule has 8 heteroatoms. The quantitative estimate of drug-likeness (QED) is 0.453. The van der Waals surface area contributed by atoms with Crippen LogP contribution < -0.4 is 0 Å². The molecule has 0 bridgehead atoms. The summed E-state index contributed by atoms with van der Waals surface area (Å²) >= 11 is 0. The minimum Gasteiger partial charge on any atom is -0.497 e. The van der Waals surface area contributed by atoms with Gasteiger partial charge < -0.3 is 4.74 Å². The molecule has 0 saturated heterocycles. The number of ether oxygens (including phenoxy) is 1. The second-order valence-corrected chi connectivity index (χ2v) is 5.77. The normalized spacial score (nSPS) is 12.7. The minimum atomic E-state index is -4.50. The number of alkyl halides is 3. The van der Waals surface area contributed by atoms with Gasteiger partial charge in [0.05, 0.1) is 12.7 Å². The molecule has 3 heterocycles. The lowest BCUT2D eigenvalue weighted by Gasteiger charge is -2.10. The van der Waals surface area contributed by atoms with Gasteiger partial charge in [-0.2, -0.15) is 13.2 Å². The van der Waals surface area contributed by atoms with Gasteiger partial charge in [-0.1, -0.05) is 18.7 Å². The molecule has 0 aliphatic carbocycles. The van der Waals surface area contributed by atoms with Crippen LogP contribution >= 0.6 is 0 Å². The fourth-order valence-electron chi connectivity index (χ4n) is 2.58. The molecule has 3 aromatic rings. The lowest BCUT2D eigenvalue weighted by molar-refractivity contribution is -0.137. The Morgan fingerprint density at radius 2 is 2.00 bits per heavy atom. The average Bonchev–Trinajstić information content (AvgIpc) is 3.07. The summed E-state index contributed by atoms with van der Waals surface area (Å²) in [5.41, 5.74) is 0.687. The van der Waals surface area contributed by atoms with Crippen LogP contribution in [0.15, 0.2) is 67.2 Å². The molecule has 0 N–H and O–H groups in total. The van der Waals surface area contributed by atoms with Gasteiger partial charge in [0, 0.05) is 18.1 Å². The van der Waals surface area contributed by atoms with Gasteiger partial charge in [0.2, 0.25) is 0 Å². The van der Waals surface area contributed by atoms with E-state index in [4.69, 9.17) is 4.74 Å². The Kier molecular flexibility index (Phi) is 5.30. The standard InChI is InChI=1S/C20H17F3N4O/c1-4-15(9-8-13(2)28-3)27-18-17(11-14(12-25-18)20(21,22)23)26-19(27)16-7-5-6-10-24-16/h4-12H,2H2,1,3H3/b9-8-,15-4+. The molecule has 0 unspecified atom stereocenters. The van der Waals surface area contributed by atoms with Crippen LogP contribution in [0.5, 0.6) is 0 Å². The topological polar surface area (TPSA) is 52.8 Å². The number of aromatic nitrogens is 4. The largest absolute Gasteiger partial charge is 0.497 e. The highest BCUT2D eigenvalue weighted by molar-refractivity contribution is 5.83. The van der Waals surface area contributed by atoms with Crippen LogP contribution in [0, 0.1) is 0 Å². The van der Waals surface area contributed by atoms with E-state index in [2.05, 4.69) is 21.5 Å². The van der Waals surface area contributed by atoms with Crippen molar-refractivity contribution in [1.29, 1.82) is 0 Å². The summed E-state index contributed by atoms with van der Waals surface area (Å²) in [6.07, 6.45) is 3.04. The molecule has 0 fully saturated rings. The minimum absolute atomic E-state index is 0.119. The zero-order valence-corrected chi connectivity index (χ0v) is 15.2.